The Kier molecular flexibility index (Phi) is 5.95. The molecule has 0 spiro atoms. The van der Waals surface area contributed by atoms with Gasteiger partial charge in [0.25, 0.3) is 0 Å². The average Bonchev–Trinajstić information content (AvgIpc) is 2.47. The molecule has 0 aliphatic carbocycles. The molecule has 1 fully saturated rings. The van der Waals surface area contributed by atoms with Crippen molar-refractivity contribution in [2.24, 2.45) is 0 Å². The van der Waals surface area contributed by atoms with Gasteiger partial charge < -0.3 is 19.1 Å². The van der Waals surface area contributed by atoms with Gasteiger partial charge in [-0.3, -0.25) is 0 Å². The summed E-state index contributed by atoms with van der Waals surface area (Å²) in [6.07, 6.45) is -0.164. The summed E-state index contributed by atoms with van der Waals surface area (Å²) in [5.41, 5.74) is 0. The second-order valence-electron chi connectivity index (χ2n) is 5.11. The predicted molar refractivity (Wildman–Crippen MR) is 73.8 cm³/mol. The molecule has 0 radical (unpaired) electrons. The van der Waals surface area contributed by atoms with Crippen molar-refractivity contribution in [2.75, 3.05) is 39.5 Å². The maximum absolute atomic E-state index is 12.7. The Labute approximate surface area is 123 Å². The van der Waals surface area contributed by atoms with Crippen LogP contribution in [0.2, 0.25) is 0 Å². The Morgan fingerprint density at radius 2 is 2.00 bits per heavy atom. The van der Waals surface area contributed by atoms with Gasteiger partial charge in [-0.1, -0.05) is 0 Å². The number of carbonyl (C=O) groups is 1. The second-order valence-corrected chi connectivity index (χ2v) is 5.11. The molecule has 1 heterocycles. The van der Waals surface area contributed by atoms with Gasteiger partial charge in [-0.15, -0.1) is 0 Å². The van der Waals surface area contributed by atoms with E-state index in [1.165, 1.54) is 29.2 Å². The number of esters is 1. The summed E-state index contributed by atoms with van der Waals surface area (Å²) < 4.78 is 28.5. The summed E-state index contributed by atoms with van der Waals surface area (Å²) in [5.74, 6) is -0.314. The number of rotatable bonds is 6. The van der Waals surface area contributed by atoms with Crippen molar-refractivity contribution in [3.05, 3.63) is 30.1 Å². The van der Waals surface area contributed by atoms with Crippen molar-refractivity contribution in [3.63, 3.8) is 0 Å². The summed E-state index contributed by atoms with van der Waals surface area (Å²) >= 11 is 0. The highest BCUT2D eigenvalue weighted by Crippen LogP contribution is 2.10. The van der Waals surface area contributed by atoms with E-state index in [2.05, 4.69) is 0 Å². The molecule has 1 aliphatic heterocycles. The Hall–Kier alpha value is -1.66. The molecule has 21 heavy (non-hydrogen) atoms. The van der Waals surface area contributed by atoms with Gasteiger partial charge in [0.2, 0.25) is 0 Å². The van der Waals surface area contributed by atoms with Crippen LogP contribution in [0.5, 0.6) is 5.75 Å². The molecule has 1 atom stereocenters. The third kappa shape index (κ3) is 5.69. The lowest BCUT2D eigenvalue weighted by Gasteiger charge is -2.26. The minimum Gasteiger partial charge on any atom is -0.482 e. The highest BCUT2D eigenvalue weighted by molar-refractivity contribution is 5.71. The SMILES string of the molecule is CC(C[NH+]1CCOCC1)OC(=O)COc1ccc(F)cc1. The maximum atomic E-state index is 12.7. The fourth-order valence-corrected chi connectivity index (χ4v) is 2.24. The van der Waals surface area contributed by atoms with E-state index < -0.39 is 5.97 Å². The zero-order valence-corrected chi connectivity index (χ0v) is 12.1. The number of halogens is 1. The van der Waals surface area contributed by atoms with Gasteiger partial charge in [0, 0.05) is 0 Å². The molecule has 0 aromatic heterocycles. The molecule has 5 nitrogen and oxygen atoms in total. The van der Waals surface area contributed by atoms with Gasteiger partial charge in [0.15, 0.2) is 6.61 Å². The molecule has 1 aliphatic rings. The Balaban J connectivity index is 1.67. The number of hydrogen-bond acceptors (Lipinski definition) is 4. The molecule has 0 saturated carbocycles. The number of morpholine rings is 1. The number of quaternary nitrogens is 1. The van der Waals surface area contributed by atoms with Crippen LogP contribution in [-0.2, 0) is 14.3 Å². The molecule has 6 heteroatoms. The molecule has 1 aromatic carbocycles. The Morgan fingerprint density at radius 3 is 2.67 bits per heavy atom. The fourth-order valence-electron chi connectivity index (χ4n) is 2.24. The largest absolute Gasteiger partial charge is 0.482 e. The third-order valence-corrected chi connectivity index (χ3v) is 3.28. The molecular formula is C15H21FNO4+. The highest BCUT2D eigenvalue weighted by Gasteiger charge is 2.19. The van der Waals surface area contributed by atoms with Crippen molar-refractivity contribution < 1.29 is 28.3 Å². The number of benzene rings is 1. The molecule has 0 amide bonds. The number of nitrogens with one attached hydrogen (secondary N) is 1. The zero-order chi connectivity index (χ0) is 15.1. The van der Waals surface area contributed by atoms with Crippen LogP contribution in [0, 0.1) is 5.82 Å². The minimum atomic E-state index is -0.417. The van der Waals surface area contributed by atoms with E-state index in [0.29, 0.717) is 5.75 Å². The molecule has 1 aromatic rings. The number of ether oxygens (including phenoxy) is 3. The van der Waals surface area contributed by atoms with Crippen molar-refractivity contribution in [3.8, 4) is 5.75 Å². The van der Waals surface area contributed by atoms with Crippen LogP contribution in [0.1, 0.15) is 6.92 Å². The molecule has 1 unspecified atom stereocenters. The summed E-state index contributed by atoms with van der Waals surface area (Å²) in [7, 11) is 0. The van der Waals surface area contributed by atoms with Gasteiger partial charge >= 0.3 is 5.97 Å². The molecule has 1 N–H and O–H groups in total. The lowest BCUT2D eigenvalue weighted by atomic mass is 10.3. The van der Waals surface area contributed by atoms with E-state index in [9.17, 15) is 9.18 Å². The van der Waals surface area contributed by atoms with Crippen LogP contribution in [-0.4, -0.2) is 51.5 Å². The monoisotopic (exact) mass is 298 g/mol. The molecule has 2 rings (SSSR count). The predicted octanol–water partition coefficient (Wildman–Crippen LogP) is 0.0513. The van der Waals surface area contributed by atoms with Crippen LogP contribution in [0.3, 0.4) is 0 Å². The summed E-state index contributed by atoms with van der Waals surface area (Å²) in [5, 5.41) is 0. The first-order chi connectivity index (χ1) is 10.1. The smallest absolute Gasteiger partial charge is 0.344 e. The van der Waals surface area contributed by atoms with Crippen LogP contribution in [0.25, 0.3) is 0 Å². The first-order valence-corrected chi connectivity index (χ1v) is 7.12. The standard InChI is InChI=1S/C15H20FNO4/c1-12(10-17-6-8-19-9-7-17)21-15(18)11-20-14-4-2-13(16)3-5-14/h2-5,12H,6-11H2,1H3/p+1. The maximum Gasteiger partial charge on any atom is 0.344 e. The van der Waals surface area contributed by atoms with Gasteiger partial charge in [-0.25, -0.2) is 9.18 Å². The normalized spacial score (nSPS) is 17.2. The Bertz CT molecular complexity index is 445. The fraction of sp³-hybridized carbons (Fsp3) is 0.533. The van der Waals surface area contributed by atoms with E-state index in [-0.39, 0.29) is 18.5 Å². The molecular weight excluding hydrogens is 277 g/mol. The van der Waals surface area contributed by atoms with E-state index in [4.69, 9.17) is 14.2 Å². The second kappa shape index (κ2) is 7.95. The molecule has 116 valence electrons. The Morgan fingerprint density at radius 1 is 1.33 bits per heavy atom. The first-order valence-electron chi connectivity index (χ1n) is 7.12. The van der Waals surface area contributed by atoms with Crippen molar-refractivity contribution >= 4 is 5.97 Å². The van der Waals surface area contributed by atoms with Gasteiger partial charge in [0.05, 0.1) is 13.2 Å². The van der Waals surface area contributed by atoms with Gasteiger partial charge in [-0.2, -0.15) is 0 Å². The molecule has 1 saturated heterocycles. The molecule has 0 bridgehead atoms. The average molecular weight is 298 g/mol. The quantitative estimate of drug-likeness (QED) is 0.754. The van der Waals surface area contributed by atoms with Crippen LogP contribution in [0.4, 0.5) is 4.39 Å². The summed E-state index contributed by atoms with van der Waals surface area (Å²) in [4.78, 5) is 13.1. The van der Waals surface area contributed by atoms with Gasteiger partial charge in [-0.05, 0) is 31.2 Å². The van der Waals surface area contributed by atoms with E-state index in [1.54, 1.807) is 0 Å². The van der Waals surface area contributed by atoms with Crippen molar-refractivity contribution in [2.45, 2.75) is 13.0 Å². The number of carbonyl (C=O) groups excluding carboxylic acids is 1. The van der Waals surface area contributed by atoms with Crippen LogP contribution >= 0.6 is 0 Å². The van der Waals surface area contributed by atoms with Crippen LogP contribution in [0.15, 0.2) is 24.3 Å². The summed E-state index contributed by atoms with van der Waals surface area (Å²) in [6.45, 7) is 5.85. The van der Waals surface area contributed by atoms with Gasteiger partial charge in [0.1, 0.15) is 37.3 Å². The van der Waals surface area contributed by atoms with E-state index in [0.717, 1.165) is 32.8 Å². The number of hydrogen-bond donors (Lipinski definition) is 1. The summed E-state index contributed by atoms with van der Waals surface area (Å²) in [6, 6.07) is 5.52. The first kappa shape index (κ1) is 15.7. The van der Waals surface area contributed by atoms with Crippen LogP contribution < -0.4 is 9.64 Å². The van der Waals surface area contributed by atoms with Crippen molar-refractivity contribution in [1.82, 2.24) is 0 Å². The van der Waals surface area contributed by atoms with E-state index in [1.807, 2.05) is 6.92 Å². The highest BCUT2D eigenvalue weighted by atomic mass is 19.1. The lowest BCUT2D eigenvalue weighted by Crippen LogP contribution is -3.15. The zero-order valence-electron chi connectivity index (χ0n) is 12.1. The van der Waals surface area contributed by atoms with Crippen molar-refractivity contribution in [1.29, 1.82) is 0 Å². The third-order valence-electron chi connectivity index (χ3n) is 3.28. The van der Waals surface area contributed by atoms with E-state index >= 15 is 0 Å². The topological polar surface area (TPSA) is 49.2 Å². The lowest BCUT2D eigenvalue weighted by molar-refractivity contribution is -0.910. The minimum absolute atomic E-state index is 0.164.